The first-order valence-electron chi connectivity index (χ1n) is 6.96. The van der Waals surface area contributed by atoms with Crippen molar-refractivity contribution in [1.82, 2.24) is 10.2 Å². The summed E-state index contributed by atoms with van der Waals surface area (Å²) >= 11 is 0. The molecule has 0 aliphatic carbocycles. The van der Waals surface area contributed by atoms with Crippen LogP contribution in [0.3, 0.4) is 0 Å². The second-order valence-corrected chi connectivity index (χ2v) is 4.75. The zero-order chi connectivity index (χ0) is 14.3. The fourth-order valence-corrected chi connectivity index (χ4v) is 2.21. The van der Waals surface area contributed by atoms with Crippen molar-refractivity contribution in [2.24, 2.45) is 0 Å². The van der Waals surface area contributed by atoms with Gasteiger partial charge in [0.15, 0.2) is 6.10 Å². The van der Waals surface area contributed by atoms with E-state index in [0.29, 0.717) is 19.4 Å². The molecule has 0 saturated carbocycles. The van der Waals surface area contributed by atoms with E-state index in [2.05, 4.69) is 24.1 Å². The highest BCUT2D eigenvalue weighted by molar-refractivity contribution is 5.82. The molecular formula is C13H24N2O4. The van der Waals surface area contributed by atoms with Gasteiger partial charge in [0.05, 0.1) is 0 Å². The number of hydrogen-bond acceptors (Lipinski definition) is 4. The molecule has 0 bridgehead atoms. The van der Waals surface area contributed by atoms with Gasteiger partial charge in [0.1, 0.15) is 6.10 Å². The molecule has 1 heterocycles. The lowest BCUT2D eigenvalue weighted by Gasteiger charge is -2.20. The number of amides is 1. The monoisotopic (exact) mass is 272 g/mol. The number of carbonyl (C=O) groups excluding carboxylic acids is 1. The molecule has 1 aliphatic rings. The summed E-state index contributed by atoms with van der Waals surface area (Å²) in [5.41, 5.74) is 0. The molecule has 19 heavy (non-hydrogen) atoms. The number of rotatable bonds is 8. The maximum Gasteiger partial charge on any atom is 0.332 e. The van der Waals surface area contributed by atoms with Crippen LogP contribution in [0.5, 0.6) is 0 Å². The van der Waals surface area contributed by atoms with Crippen molar-refractivity contribution in [3.63, 3.8) is 0 Å². The van der Waals surface area contributed by atoms with Gasteiger partial charge in [-0.3, -0.25) is 4.79 Å². The quantitative estimate of drug-likeness (QED) is 0.671. The Kier molecular flexibility index (Phi) is 6.80. The Balaban J connectivity index is 2.23. The first kappa shape index (κ1) is 15.9. The third-order valence-corrected chi connectivity index (χ3v) is 3.30. The molecule has 6 nitrogen and oxygen atoms in total. The zero-order valence-corrected chi connectivity index (χ0v) is 11.7. The minimum Gasteiger partial charge on any atom is -0.479 e. The lowest BCUT2D eigenvalue weighted by atomic mass is 10.2. The van der Waals surface area contributed by atoms with E-state index in [4.69, 9.17) is 9.84 Å². The van der Waals surface area contributed by atoms with Gasteiger partial charge in [-0.25, -0.2) is 4.79 Å². The largest absolute Gasteiger partial charge is 0.479 e. The lowest BCUT2D eigenvalue weighted by Crippen LogP contribution is -2.40. The van der Waals surface area contributed by atoms with Gasteiger partial charge in [0, 0.05) is 13.1 Å². The number of nitrogens with zero attached hydrogens (tertiary/aromatic N) is 1. The molecule has 2 atom stereocenters. The van der Waals surface area contributed by atoms with Crippen LogP contribution in [0.25, 0.3) is 0 Å². The van der Waals surface area contributed by atoms with E-state index in [-0.39, 0.29) is 5.91 Å². The summed E-state index contributed by atoms with van der Waals surface area (Å²) in [6, 6.07) is 0. The number of carboxylic acids is 1. The van der Waals surface area contributed by atoms with E-state index in [1.807, 2.05) is 0 Å². The van der Waals surface area contributed by atoms with Crippen molar-refractivity contribution in [2.45, 2.75) is 45.3 Å². The number of nitrogens with one attached hydrogen (secondary N) is 1. The normalized spacial score (nSPS) is 22.7. The molecule has 1 amide bonds. The lowest BCUT2D eigenvalue weighted by molar-refractivity contribution is -0.151. The van der Waals surface area contributed by atoms with Crippen molar-refractivity contribution >= 4 is 11.9 Å². The SMILES string of the molecule is CCCN(CC)CCNC(=O)[C@@H]1CC[C@H](C(=O)O)O1. The van der Waals surface area contributed by atoms with Crippen LogP contribution in [0.15, 0.2) is 0 Å². The summed E-state index contributed by atoms with van der Waals surface area (Å²) in [6.07, 6.45) is 0.540. The first-order chi connectivity index (χ1) is 9.08. The third kappa shape index (κ3) is 5.16. The second kappa shape index (κ2) is 8.12. The maximum absolute atomic E-state index is 11.8. The van der Waals surface area contributed by atoms with Gasteiger partial charge in [-0.05, 0) is 32.4 Å². The first-order valence-corrected chi connectivity index (χ1v) is 6.96. The van der Waals surface area contributed by atoms with E-state index in [1.54, 1.807) is 0 Å². The molecule has 6 heteroatoms. The predicted octanol–water partition coefficient (Wildman–Crippen LogP) is 0.467. The Bertz CT molecular complexity index is 309. The third-order valence-electron chi connectivity index (χ3n) is 3.30. The molecule has 0 spiro atoms. The minimum atomic E-state index is -0.990. The molecule has 0 aromatic carbocycles. The molecule has 0 aromatic rings. The van der Waals surface area contributed by atoms with Crippen molar-refractivity contribution in [3.8, 4) is 0 Å². The Labute approximate surface area is 114 Å². The smallest absolute Gasteiger partial charge is 0.332 e. The molecule has 0 radical (unpaired) electrons. The van der Waals surface area contributed by atoms with E-state index in [9.17, 15) is 9.59 Å². The molecule has 0 aromatic heterocycles. The molecule has 1 fully saturated rings. The molecule has 110 valence electrons. The number of ether oxygens (including phenoxy) is 1. The highest BCUT2D eigenvalue weighted by atomic mass is 16.5. The van der Waals surface area contributed by atoms with Crippen LogP contribution in [0.2, 0.25) is 0 Å². The van der Waals surface area contributed by atoms with Crippen molar-refractivity contribution in [3.05, 3.63) is 0 Å². The highest BCUT2D eigenvalue weighted by Crippen LogP contribution is 2.19. The average molecular weight is 272 g/mol. The van der Waals surface area contributed by atoms with Crippen molar-refractivity contribution < 1.29 is 19.4 Å². The Hall–Kier alpha value is -1.14. The van der Waals surface area contributed by atoms with Crippen LogP contribution in [0.4, 0.5) is 0 Å². The summed E-state index contributed by atoms with van der Waals surface area (Å²) in [5, 5.41) is 11.6. The second-order valence-electron chi connectivity index (χ2n) is 4.75. The topological polar surface area (TPSA) is 78.9 Å². The van der Waals surface area contributed by atoms with Gasteiger partial charge in [-0.1, -0.05) is 13.8 Å². The van der Waals surface area contributed by atoms with Gasteiger partial charge in [-0.15, -0.1) is 0 Å². The summed E-state index contributed by atoms with van der Waals surface area (Å²) in [7, 11) is 0. The Morgan fingerprint density at radius 3 is 2.47 bits per heavy atom. The van der Waals surface area contributed by atoms with E-state index >= 15 is 0 Å². The predicted molar refractivity (Wildman–Crippen MR) is 70.9 cm³/mol. The Morgan fingerprint density at radius 1 is 1.26 bits per heavy atom. The van der Waals surface area contributed by atoms with Crippen LogP contribution in [0.1, 0.15) is 33.1 Å². The minimum absolute atomic E-state index is 0.198. The zero-order valence-electron chi connectivity index (χ0n) is 11.7. The van der Waals surface area contributed by atoms with Crippen LogP contribution in [-0.4, -0.2) is 60.3 Å². The maximum atomic E-state index is 11.8. The fourth-order valence-electron chi connectivity index (χ4n) is 2.21. The number of carboxylic acid groups (broad SMARTS) is 1. The molecule has 1 saturated heterocycles. The molecule has 1 rings (SSSR count). The van der Waals surface area contributed by atoms with E-state index < -0.39 is 18.2 Å². The molecule has 0 unspecified atom stereocenters. The van der Waals surface area contributed by atoms with E-state index in [0.717, 1.165) is 26.1 Å². The average Bonchev–Trinajstić information content (AvgIpc) is 2.87. The van der Waals surface area contributed by atoms with Gasteiger partial charge in [0.25, 0.3) is 0 Å². The standard InChI is InChI=1S/C13H24N2O4/c1-3-8-15(4-2)9-7-14-12(16)10-5-6-11(19-10)13(17)18/h10-11H,3-9H2,1-2H3,(H,14,16)(H,17,18)/t10-,11+/m0/s1. The molecule has 1 aliphatic heterocycles. The molecular weight excluding hydrogens is 248 g/mol. The number of likely N-dealkylation sites (N-methyl/N-ethyl adjacent to an activating group) is 1. The number of aliphatic carboxylic acids is 1. The summed E-state index contributed by atoms with van der Waals surface area (Å²) in [6.45, 7) is 7.59. The van der Waals surface area contributed by atoms with E-state index in [1.165, 1.54) is 0 Å². The fraction of sp³-hybridized carbons (Fsp3) is 0.846. The molecule has 2 N–H and O–H groups in total. The number of carbonyl (C=O) groups is 2. The van der Waals surface area contributed by atoms with Crippen LogP contribution >= 0.6 is 0 Å². The van der Waals surface area contributed by atoms with Crippen LogP contribution in [-0.2, 0) is 14.3 Å². The van der Waals surface area contributed by atoms with Crippen LogP contribution < -0.4 is 5.32 Å². The van der Waals surface area contributed by atoms with Crippen LogP contribution in [0, 0.1) is 0 Å². The van der Waals surface area contributed by atoms with Crippen molar-refractivity contribution in [2.75, 3.05) is 26.2 Å². The highest BCUT2D eigenvalue weighted by Gasteiger charge is 2.34. The summed E-state index contributed by atoms with van der Waals surface area (Å²) in [5.74, 6) is -1.19. The summed E-state index contributed by atoms with van der Waals surface area (Å²) in [4.78, 5) is 24.8. The van der Waals surface area contributed by atoms with Gasteiger partial charge in [0.2, 0.25) is 5.91 Å². The number of hydrogen-bond donors (Lipinski definition) is 2. The Morgan fingerprint density at radius 2 is 1.95 bits per heavy atom. The van der Waals surface area contributed by atoms with Gasteiger partial charge < -0.3 is 20.1 Å². The van der Waals surface area contributed by atoms with Crippen molar-refractivity contribution in [1.29, 1.82) is 0 Å². The van der Waals surface area contributed by atoms with Gasteiger partial charge in [-0.2, -0.15) is 0 Å². The van der Waals surface area contributed by atoms with Gasteiger partial charge >= 0.3 is 5.97 Å². The summed E-state index contributed by atoms with van der Waals surface area (Å²) < 4.78 is 5.19.